The van der Waals surface area contributed by atoms with E-state index in [0.29, 0.717) is 33.0 Å². The van der Waals surface area contributed by atoms with E-state index >= 15 is 0 Å². The average molecular weight is 282 g/mol. The number of hydrogen-bond acceptors (Lipinski definition) is 3. The number of rotatable bonds is 1. The molecular formula is C16H8ClNO2. The molecule has 2 aromatic carbocycles. The molecule has 0 N–H and O–H groups in total. The van der Waals surface area contributed by atoms with E-state index in [1.165, 1.54) is 0 Å². The third kappa shape index (κ3) is 1.97. The molecule has 0 fully saturated rings. The Morgan fingerprint density at radius 1 is 1.05 bits per heavy atom. The monoisotopic (exact) mass is 281 g/mol. The summed E-state index contributed by atoms with van der Waals surface area (Å²) in [5, 5.41) is 9.97. The highest BCUT2D eigenvalue weighted by Crippen LogP contribution is 2.35. The molecule has 0 unspecified atom stereocenters. The Bertz CT molecular complexity index is 770. The molecule has 1 aliphatic rings. The summed E-state index contributed by atoms with van der Waals surface area (Å²) in [5.41, 5.74) is 2.10. The molecule has 1 aliphatic heterocycles. The lowest BCUT2D eigenvalue weighted by Crippen LogP contribution is -1.93. The van der Waals surface area contributed by atoms with Gasteiger partial charge in [-0.25, -0.2) is 4.79 Å². The molecule has 0 aromatic heterocycles. The number of nitriles is 1. The van der Waals surface area contributed by atoms with Crippen LogP contribution in [0.5, 0.6) is 0 Å². The van der Waals surface area contributed by atoms with Crippen LogP contribution in [0.4, 0.5) is 0 Å². The summed E-state index contributed by atoms with van der Waals surface area (Å²) in [5.74, 6) is -0.132. The van der Waals surface area contributed by atoms with Crippen LogP contribution in [0.1, 0.15) is 21.5 Å². The van der Waals surface area contributed by atoms with Crippen molar-refractivity contribution in [3.05, 3.63) is 70.2 Å². The van der Waals surface area contributed by atoms with Gasteiger partial charge in [0.1, 0.15) is 11.6 Å². The molecule has 0 aliphatic carbocycles. The molecule has 3 nitrogen and oxygen atoms in total. The number of halogens is 1. The van der Waals surface area contributed by atoms with Crippen LogP contribution in [-0.2, 0) is 4.74 Å². The van der Waals surface area contributed by atoms with Gasteiger partial charge < -0.3 is 4.74 Å². The number of carbonyl (C=O) groups excluding carboxylic acids is 1. The number of esters is 1. The predicted molar refractivity (Wildman–Crippen MR) is 75.7 cm³/mol. The summed E-state index contributed by atoms with van der Waals surface area (Å²) in [6.45, 7) is 0. The Kier molecular flexibility index (Phi) is 3.02. The third-order valence-electron chi connectivity index (χ3n) is 3.06. The van der Waals surface area contributed by atoms with Gasteiger partial charge in [0.25, 0.3) is 0 Å². The van der Waals surface area contributed by atoms with Crippen LogP contribution < -0.4 is 0 Å². The Balaban J connectivity index is 2.21. The molecule has 96 valence electrons. The van der Waals surface area contributed by atoms with Gasteiger partial charge in [-0.15, -0.1) is 0 Å². The van der Waals surface area contributed by atoms with Gasteiger partial charge in [0.05, 0.1) is 5.56 Å². The van der Waals surface area contributed by atoms with Gasteiger partial charge in [-0.3, -0.25) is 0 Å². The van der Waals surface area contributed by atoms with Gasteiger partial charge in [0, 0.05) is 10.6 Å². The highest BCUT2D eigenvalue weighted by molar-refractivity contribution is 6.30. The molecule has 0 bridgehead atoms. The first kappa shape index (κ1) is 12.5. The van der Waals surface area contributed by atoms with Crippen molar-refractivity contribution >= 4 is 28.9 Å². The summed E-state index contributed by atoms with van der Waals surface area (Å²) in [4.78, 5) is 11.8. The lowest BCUT2D eigenvalue weighted by molar-refractivity contribution is 0.0716. The fraction of sp³-hybridized carbons (Fsp3) is 0. The van der Waals surface area contributed by atoms with Crippen molar-refractivity contribution in [1.29, 1.82) is 5.26 Å². The molecule has 2 aromatic rings. The second-order valence-electron chi connectivity index (χ2n) is 4.26. The van der Waals surface area contributed by atoms with Gasteiger partial charge in [-0.05, 0) is 23.8 Å². The fourth-order valence-corrected chi connectivity index (χ4v) is 2.24. The summed E-state index contributed by atoms with van der Waals surface area (Å²) < 4.78 is 5.25. The zero-order valence-electron chi connectivity index (χ0n) is 10.3. The number of cyclic esters (lactones) is 1. The normalized spacial score (nSPS) is 15.3. The molecule has 0 spiro atoms. The molecular weight excluding hydrogens is 274 g/mol. The third-order valence-corrected chi connectivity index (χ3v) is 3.31. The summed E-state index contributed by atoms with van der Waals surface area (Å²) in [6.07, 6.45) is 0. The van der Waals surface area contributed by atoms with Gasteiger partial charge in [-0.2, -0.15) is 5.26 Å². The summed E-state index contributed by atoms with van der Waals surface area (Å²) in [6, 6.07) is 15.9. The van der Waals surface area contributed by atoms with Crippen molar-refractivity contribution in [3.63, 3.8) is 0 Å². The van der Waals surface area contributed by atoms with E-state index in [0.717, 1.165) is 0 Å². The standard InChI is InChI=1S/C16H8ClNO2/c17-11-7-5-10(6-8-11)14(9-18)15-12-3-1-2-4-13(12)16(19)20-15/h1-8H. The Morgan fingerprint density at radius 2 is 1.70 bits per heavy atom. The Hall–Kier alpha value is -2.57. The number of carbonyl (C=O) groups is 1. The molecule has 4 heteroatoms. The van der Waals surface area contributed by atoms with E-state index in [-0.39, 0.29) is 0 Å². The number of nitrogens with zero attached hydrogens (tertiary/aromatic N) is 1. The fourth-order valence-electron chi connectivity index (χ4n) is 2.11. The predicted octanol–water partition coefficient (Wildman–Crippen LogP) is 3.90. The number of fused-ring (bicyclic) bond motifs is 1. The van der Waals surface area contributed by atoms with Crippen LogP contribution in [0.15, 0.2) is 48.5 Å². The van der Waals surface area contributed by atoms with Gasteiger partial charge in [0.2, 0.25) is 0 Å². The summed E-state index contributed by atoms with van der Waals surface area (Å²) >= 11 is 5.84. The lowest BCUT2D eigenvalue weighted by atomic mass is 10.0. The number of allylic oxidation sites excluding steroid dienone is 1. The van der Waals surface area contributed by atoms with Crippen molar-refractivity contribution in [3.8, 4) is 6.07 Å². The molecule has 3 rings (SSSR count). The smallest absolute Gasteiger partial charge is 0.344 e. The highest BCUT2D eigenvalue weighted by atomic mass is 35.5. The van der Waals surface area contributed by atoms with Crippen molar-refractivity contribution in [2.45, 2.75) is 0 Å². The molecule has 20 heavy (non-hydrogen) atoms. The maximum absolute atomic E-state index is 11.8. The number of benzene rings is 2. The first-order chi connectivity index (χ1) is 9.70. The number of hydrogen-bond donors (Lipinski definition) is 0. The SMILES string of the molecule is N#CC(=C1OC(=O)c2ccccc21)c1ccc(Cl)cc1. The van der Waals surface area contributed by atoms with Crippen LogP contribution in [0.3, 0.4) is 0 Å². The highest BCUT2D eigenvalue weighted by Gasteiger charge is 2.29. The minimum atomic E-state index is -0.433. The Labute approximate surface area is 120 Å². The summed E-state index contributed by atoms with van der Waals surface area (Å²) in [7, 11) is 0. The zero-order chi connectivity index (χ0) is 14.1. The molecule has 0 amide bonds. The minimum absolute atomic E-state index is 0.301. The second kappa shape index (κ2) is 4.84. The first-order valence-corrected chi connectivity index (χ1v) is 6.30. The second-order valence-corrected chi connectivity index (χ2v) is 4.69. The molecule has 1 heterocycles. The molecule has 0 saturated heterocycles. The van der Waals surface area contributed by atoms with Crippen LogP contribution in [0, 0.1) is 11.3 Å². The van der Waals surface area contributed by atoms with E-state index in [2.05, 4.69) is 6.07 Å². The largest absolute Gasteiger partial charge is 0.421 e. The van der Waals surface area contributed by atoms with Crippen molar-refractivity contribution in [1.82, 2.24) is 0 Å². The molecule has 0 atom stereocenters. The topological polar surface area (TPSA) is 50.1 Å². The first-order valence-electron chi connectivity index (χ1n) is 5.92. The van der Waals surface area contributed by atoms with Gasteiger partial charge in [0.15, 0.2) is 5.76 Å². The van der Waals surface area contributed by atoms with Crippen LogP contribution >= 0.6 is 11.6 Å². The van der Waals surface area contributed by atoms with E-state index in [1.807, 2.05) is 0 Å². The van der Waals surface area contributed by atoms with Crippen LogP contribution in [-0.4, -0.2) is 5.97 Å². The van der Waals surface area contributed by atoms with Crippen LogP contribution in [0.25, 0.3) is 11.3 Å². The van der Waals surface area contributed by atoms with Crippen molar-refractivity contribution < 1.29 is 9.53 Å². The number of ether oxygens (including phenoxy) is 1. The lowest BCUT2D eigenvalue weighted by Gasteiger charge is -2.04. The zero-order valence-corrected chi connectivity index (χ0v) is 11.0. The Morgan fingerprint density at radius 3 is 2.35 bits per heavy atom. The van der Waals surface area contributed by atoms with E-state index in [9.17, 15) is 10.1 Å². The van der Waals surface area contributed by atoms with E-state index in [1.54, 1.807) is 48.5 Å². The maximum atomic E-state index is 11.8. The van der Waals surface area contributed by atoms with Crippen molar-refractivity contribution in [2.75, 3.05) is 0 Å². The van der Waals surface area contributed by atoms with Crippen LogP contribution in [0.2, 0.25) is 5.02 Å². The van der Waals surface area contributed by atoms with Gasteiger partial charge >= 0.3 is 5.97 Å². The van der Waals surface area contributed by atoms with Crippen molar-refractivity contribution in [2.24, 2.45) is 0 Å². The van der Waals surface area contributed by atoms with E-state index < -0.39 is 5.97 Å². The minimum Gasteiger partial charge on any atom is -0.421 e. The maximum Gasteiger partial charge on any atom is 0.344 e. The van der Waals surface area contributed by atoms with E-state index in [4.69, 9.17) is 16.3 Å². The van der Waals surface area contributed by atoms with Gasteiger partial charge in [-0.1, -0.05) is 41.9 Å². The molecule has 0 radical (unpaired) electrons. The average Bonchev–Trinajstić information content (AvgIpc) is 2.80. The molecule has 0 saturated carbocycles. The quantitative estimate of drug-likeness (QED) is 0.588.